The number of ether oxygens (including phenoxy) is 1. The van der Waals surface area contributed by atoms with Gasteiger partial charge in [-0.3, -0.25) is 25.2 Å². The monoisotopic (exact) mass is 369 g/mol. The maximum absolute atomic E-state index is 12.3. The highest BCUT2D eigenvalue weighted by Gasteiger charge is 2.13. The van der Waals surface area contributed by atoms with Crippen LogP contribution in [0.15, 0.2) is 48.5 Å². The van der Waals surface area contributed by atoms with Crippen molar-refractivity contribution in [2.75, 3.05) is 11.9 Å². The third-order valence-corrected chi connectivity index (χ3v) is 3.63. The smallest absolute Gasteiger partial charge is 0.273 e. The summed E-state index contributed by atoms with van der Waals surface area (Å²) in [5.74, 6) is -0.587. The predicted molar refractivity (Wildman–Crippen MR) is 103 cm³/mol. The molecule has 0 aliphatic heterocycles. The van der Waals surface area contributed by atoms with Gasteiger partial charge in [0.05, 0.1) is 12.2 Å². The lowest BCUT2D eigenvalue weighted by Crippen LogP contribution is -2.41. The van der Waals surface area contributed by atoms with E-state index in [4.69, 9.17) is 4.74 Å². The molecule has 27 heavy (non-hydrogen) atoms. The van der Waals surface area contributed by atoms with Crippen LogP contribution in [0, 0.1) is 0 Å². The number of anilines is 1. The van der Waals surface area contributed by atoms with Crippen LogP contribution in [0.5, 0.6) is 5.75 Å². The van der Waals surface area contributed by atoms with E-state index in [1.165, 1.54) is 0 Å². The third kappa shape index (κ3) is 5.85. The fraction of sp³-hybridized carbons (Fsp3) is 0.250. The van der Waals surface area contributed by atoms with E-state index in [2.05, 4.69) is 16.2 Å². The molecule has 7 nitrogen and oxygen atoms in total. The molecule has 0 saturated heterocycles. The quantitative estimate of drug-likeness (QED) is 0.654. The highest BCUT2D eigenvalue weighted by molar-refractivity contribution is 6.00. The Kier molecular flexibility index (Phi) is 7.37. The largest absolute Gasteiger partial charge is 0.493 e. The van der Waals surface area contributed by atoms with Crippen molar-refractivity contribution in [1.82, 2.24) is 10.9 Å². The van der Waals surface area contributed by atoms with Crippen molar-refractivity contribution >= 4 is 23.4 Å². The van der Waals surface area contributed by atoms with Gasteiger partial charge in [0.2, 0.25) is 5.91 Å². The molecule has 0 saturated carbocycles. The van der Waals surface area contributed by atoms with Gasteiger partial charge in [-0.05, 0) is 42.8 Å². The van der Waals surface area contributed by atoms with Crippen molar-refractivity contribution in [3.8, 4) is 5.75 Å². The van der Waals surface area contributed by atoms with E-state index < -0.39 is 11.8 Å². The van der Waals surface area contributed by atoms with Gasteiger partial charge >= 0.3 is 0 Å². The second-order valence-corrected chi connectivity index (χ2v) is 5.73. The van der Waals surface area contributed by atoms with Crippen molar-refractivity contribution in [3.05, 3.63) is 59.7 Å². The number of hydrazine groups is 1. The van der Waals surface area contributed by atoms with Gasteiger partial charge in [0, 0.05) is 17.7 Å². The van der Waals surface area contributed by atoms with E-state index in [0.717, 1.165) is 6.42 Å². The number of nitrogens with one attached hydrogen (secondary N) is 3. The topological polar surface area (TPSA) is 96.5 Å². The minimum absolute atomic E-state index is 0.108. The first-order chi connectivity index (χ1) is 13.0. The molecule has 0 aliphatic carbocycles. The SMILES string of the molecule is CCCOc1ccccc1C(=O)NNC(=O)c1ccc(NC(=O)CC)cc1. The number of carbonyl (C=O) groups excluding carboxylic acids is 3. The van der Waals surface area contributed by atoms with Crippen molar-refractivity contribution < 1.29 is 19.1 Å². The Labute approximate surface area is 158 Å². The molecule has 0 spiro atoms. The van der Waals surface area contributed by atoms with Crippen LogP contribution in [-0.4, -0.2) is 24.3 Å². The van der Waals surface area contributed by atoms with Crippen LogP contribution in [-0.2, 0) is 4.79 Å². The van der Waals surface area contributed by atoms with E-state index in [1.807, 2.05) is 6.92 Å². The first-order valence-corrected chi connectivity index (χ1v) is 8.77. The van der Waals surface area contributed by atoms with E-state index in [-0.39, 0.29) is 5.91 Å². The van der Waals surface area contributed by atoms with Crippen LogP contribution in [0.2, 0.25) is 0 Å². The zero-order chi connectivity index (χ0) is 19.6. The Morgan fingerprint density at radius 1 is 0.889 bits per heavy atom. The summed E-state index contributed by atoms with van der Waals surface area (Å²) in [6.07, 6.45) is 1.19. The Morgan fingerprint density at radius 3 is 2.22 bits per heavy atom. The van der Waals surface area contributed by atoms with Crippen molar-refractivity contribution in [2.45, 2.75) is 26.7 Å². The molecule has 142 valence electrons. The van der Waals surface area contributed by atoms with Crippen molar-refractivity contribution in [2.24, 2.45) is 0 Å². The van der Waals surface area contributed by atoms with E-state index in [0.29, 0.717) is 35.6 Å². The first kappa shape index (κ1) is 20.0. The summed E-state index contributed by atoms with van der Waals surface area (Å²) in [6.45, 7) is 4.23. The number of rotatable bonds is 7. The molecular formula is C20H23N3O4. The Bertz CT molecular complexity index is 803. The second kappa shape index (κ2) is 9.96. The van der Waals surface area contributed by atoms with Gasteiger partial charge in [-0.25, -0.2) is 0 Å². The van der Waals surface area contributed by atoms with Crippen LogP contribution >= 0.6 is 0 Å². The zero-order valence-electron chi connectivity index (χ0n) is 15.4. The van der Waals surface area contributed by atoms with Crippen LogP contribution in [0.4, 0.5) is 5.69 Å². The Balaban J connectivity index is 1.95. The van der Waals surface area contributed by atoms with Crippen molar-refractivity contribution in [3.63, 3.8) is 0 Å². The fourth-order valence-electron chi connectivity index (χ4n) is 2.20. The number of hydrogen-bond acceptors (Lipinski definition) is 4. The lowest BCUT2D eigenvalue weighted by molar-refractivity contribution is -0.115. The summed E-state index contributed by atoms with van der Waals surface area (Å²) in [5.41, 5.74) is 6.04. The molecule has 2 aromatic rings. The Hall–Kier alpha value is -3.35. The molecule has 0 aliphatic rings. The first-order valence-electron chi connectivity index (χ1n) is 8.77. The number of hydrogen-bond donors (Lipinski definition) is 3. The lowest BCUT2D eigenvalue weighted by atomic mass is 10.2. The number of para-hydroxylation sites is 1. The minimum atomic E-state index is -0.470. The van der Waals surface area contributed by atoms with Crippen LogP contribution in [0.1, 0.15) is 47.4 Å². The highest BCUT2D eigenvalue weighted by atomic mass is 16.5. The standard InChI is InChI=1S/C20H23N3O4/c1-3-13-27-17-8-6-5-7-16(17)20(26)23-22-19(25)14-9-11-15(12-10-14)21-18(24)4-2/h5-12H,3-4,13H2,1-2H3,(H,21,24)(H,22,25)(H,23,26). The summed E-state index contributed by atoms with van der Waals surface area (Å²) in [5, 5.41) is 2.70. The number of amides is 3. The molecule has 0 atom stereocenters. The van der Waals surface area contributed by atoms with E-state index >= 15 is 0 Å². The van der Waals surface area contributed by atoms with Gasteiger partial charge in [0.15, 0.2) is 0 Å². The average molecular weight is 369 g/mol. The molecule has 2 aromatic carbocycles. The van der Waals surface area contributed by atoms with E-state index in [1.54, 1.807) is 55.5 Å². The molecule has 3 N–H and O–H groups in total. The lowest BCUT2D eigenvalue weighted by Gasteiger charge is -2.12. The molecule has 0 bridgehead atoms. The summed E-state index contributed by atoms with van der Waals surface area (Å²) >= 11 is 0. The van der Waals surface area contributed by atoms with Gasteiger partial charge in [0.25, 0.3) is 11.8 Å². The Morgan fingerprint density at radius 2 is 1.56 bits per heavy atom. The second-order valence-electron chi connectivity index (χ2n) is 5.73. The van der Waals surface area contributed by atoms with Gasteiger partial charge < -0.3 is 10.1 Å². The number of benzene rings is 2. The van der Waals surface area contributed by atoms with E-state index in [9.17, 15) is 14.4 Å². The van der Waals surface area contributed by atoms with Crippen LogP contribution in [0.25, 0.3) is 0 Å². The molecule has 0 heterocycles. The van der Waals surface area contributed by atoms with Crippen LogP contribution < -0.4 is 20.9 Å². The third-order valence-electron chi connectivity index (χ3n) is 3.63. The minimum Gasteiger partial charge on any atom is -0.493 e. The number of carbonyl (C=O) groups is 3. The molecule has 0 fully saturated rings. The van der Waals surface area contributed by atoms with Crippen LogP contribution in [0.3, 0.4) is 0 Å². The molecule has 2 rings (SSSR count). The molecule has 0 radical (unpaired) electrons. The predicted octanol–water partition coefficient (Wildman–Crippen LogP) is 2.90. The van der Waals surface area contributed by atoms with Gasteiger partial charge in [-0.2, -0.15) is 0 Å². The zero-order valence-corrected chi connectivity index (χ0v) is 15.4. The average Bonchev–Trinajstić information content (AvgIpc) is 2.70. The summed E-state index contributed by atoms with van der Waals surface area (Å²) in [4.78, 5) is 35.9. The normalized spacial score (nSPS) is 10.0. The highest BCUT2D eigenvalue weighted by Crippen LogP contribution is 2.17. The maximum atomic E-state index is 12.3. The molecule has 7 heteroatoms. The van der Waals surface area contributed by atoms with Gasteiger partial charge in [-0.1, -0.05) is 26.0 Å². The molecule has 0 aromatic heterocycles. The van der Waals surface area contributed by atoms with Gasteiger partial charge in [0.1, 0.15) is 5.75 Å². The summed E-state index contributed by atoms with van der Waals surface area (Å²) in [6, 6.07) is 13.2. The fourth-order valence-corrected chi connectivity index (χ4v) is 2.20. The summed E-state index contributed by atoms with van der Waals surface area (Å²) < 4.78 is 5.54. The van der Waals surface area contributed by atoms with Gasteiger partial charge in [-0.15, -0.1) is 0 Å². The summed E-state index contributed by atoms with van der Waals surface area (Å²) in [7, 11) is 0. The van der Waals surface area contributed by atoms with Crippen molar-refractivity contribution in [1.29, 1.82) is 0 Å². The molecule has 0 unspecified atom stereocenters. The maximum Gasteiger partial charge on any atom is 0.273 e. The molecular weight excluding hydrogens is 346 g/mol. The molecule has 3 amide bonds.